The molecule has 25 heavy (non-hydrogen) atoms. The van der Waals surface area contributed by atoms with Gasteiger partial charge in [-0.05, 0) is 24.3 Å². The summed E-state index contributed by atoms with van der Waals surface area (Å²) in [5.41, 5.74) is 0.816. The zero-order valence-electron chi connectivity index (χ0n) is 15.0. The Morgan fingerprint density at radius 3 is 2.64 bits per heavy atom. The van der Waals surface area contributed by atoms with Gasteiger partial charge in [-0.25, -0.2) is 9.78 Å². The minimum atomic E-state index is -0.399. The smallest absolute Gasteiger partial charge is 0.315 e. The summed E-state index contributed by atoms with van der Waals surface area (Å²) in [4.78, 5) is 16.3. The van der Waals surface area contributed by atoms with Crippen LogP contribution in [0.4, 0.5) is 4.79 Å². The number of hydrogen-bond donors (Lipinski definition) is 3. The maximum Gasteiger partial charge on any atom is 0.315 e. The van der Waals surface area contributed by atoms with Crippen LogP contribution in [0.15, 0.2) is 43.0 Å². The van der Waals surface area contributed by atoms with Crippen LogP contribution in [0.1, 0.15) is 38.8 Å². The van der Waals surface area contributed by atoms with Crippen LogP contribution in [-0.2, 0) is 6.54 Å². The van der Waals surface area contributed by atoms with Gasteiger partial charge in [0.05, 0.1) is 18.7 Å². The Kier molecular flexibility index (Phi) is 6.52. The van der Waals surface area contributed by atoms with Crippen molar-refractivity contribution in [2.75, 3.05) is 6.54 Å². The molecule has 7 nitrogen and oxygen atoms in total. The minimum Gasteiger partial charge on any atom is -0.393 e. The molecule has 2 amide bonds. The van der Waals surface area contributed by atoms with Crippen LogP contribution >= 0.6 is 0 Å². The summed E-state index contributed by atoms with van der Waals surface area (Å²) in [6, 6.07) is 9.30. The van der Waals surface area contributed by atoms with Gasteiger partial charge in [-0.15, -0.1) is 0 Å². The van der Waals surface area contributed by atoms with Gasteiger partial charge in [0.2, 0.25) is 0 Å². The molecule has 0 saturated heterocycles. The van der Waals surface area contributed by atoms with Crippen molar-refractivity contribution in [2.45, 2.75) is 45.9 Å². The molecule has 0 aliphatic heterocycles. The van der Waals surface area contributed by atoms with Crippen LogP contribution in [0.2, 0.25) is 0 Å². The second-order valence-electron chi connectivity index (χ2n) is 7.13. The van der Waals surface area contributed by atoms with E-state index in [2.05, 4.69) is 20.7 Å². The van der Waals surface area contributed by atoms with Crippen LogP contribution in [-0.4, -0.2) is 38.6 Å². The zero-order valence-corrected chi connectivity index (χ0v) is 15.0. The van der Waals surface area contributed by atoms with Gasteiger partial charge in [-0.3, -0.25) is 4.68 Å². The number of aliphatic hydroxyl groups excluding tert-OH is 1. The van der Waals surface area contributed by atoms with E-state index in [0.29, 0.717) is 19.5 Å². The number of benzene rings is 1. The van der Waals surface area contributed by atoms with Crippen molar-refractivity contribution in [1.82, 2.24) is 25.4 Å². The number of amides is 2. The van der Waals surface area contributed by atoms with Gasteiger partial charge in [-0.2, -0.15) is 5.10 Å². The number of rotatable bonds is 8. The van der Waals surface area contributed by atoms with Gasteiger partial charge in [0, 0.05) is 6.54 Å². The molecule has 2 rings (SSSR count). The Hall–Kier alpha value is -2.41. The van der Waals surface area contributed by atoms with Gasteiger partial charge in [-0.1, -0.05) is 44.2 Å². The van der Waals surface area contributed by atoms with E-state index in [1.165, 1.54) is 6.33 Å². The van der Waals surface area contributed by atoms with Crippen molar-refractivity contribution in [3.63, 3.8) is 0 Å². The monoisotopic (exact) mass is 345 g/mol. The summed E-state index contributed by atoms with van der Waals surface area (Å²) >= 11 is 0. The van der Waals surface area contributed by atoms with E-state index in [1.807, 2.05) is 44.2 Å². The van der Waals surface area contributed by atoms with E-state index < -0.39 is 6.10 Å². The molecule has 7 heteroatoms. The van der Waals surface area contributed by atoms with E-state index in [9.17, 15) is 9.90 Å². The first kappa shape index (κ1) is 18.9. The molecular weight excluding hydrogens is 318 g/mol. The van der Waals surface area contributed by atoms with Crippen LogP contribution in [0.25, 0.3) is 0 Å². The van der Waals surface area contributed by atoms with E-state index in [1.54, 1.807) is 17.9 Å². The number of aromatic nitrogens is 3. The summed E-state index contributed by atoms with van der Waals surface area (Å²) in [5.74, 6) is 0. The SMILES string of the molecule is CC(O)CC(C)(C)CNC(=O)NC(Cn1cncn1)c1ccccc1. The third-order valence-corrected chi connectivity index (χ3v) is 3.92. The molecule has 1 aromatic carbocycles. The molecule has 0 radical (unpaired) electrons. The van der Waals surface area contributed by atoms with Gasteiger partial charge in [0.15, 0.2) is 0 Å². The molecule has 0 spiro atoms. The standard InChI is InChI=1S/C18H27N5O2/c1-14(24)9-18(2,3)11-20-17(25)22-16(10-23-13-19-12-21-23)15-7-5-4-6-8-15/h4-8,12-14,16,24H,9-11H2,1-3H3,(H2,20,22,25). The Morgan fingerprint density at radius 1 is 1.32 bits per heavy atom. The first-order valence-corrected chi connectivity index (χ1v) is 8.45. The summed E-state index contributed by atoms with van der Waals surface area (Å²) in [6.07, 6.45) is 3.32. The predicted octanol–water partition coefficient (Wildman–Crippen LogP) is 2.12. The largest absolute Gasteiger partial charge is 0.393 e. The molecule has 3 N–H and O–H groups in total. The average molecular weight is 345 g/mol. The number of nitrogens with one attached hydrogen (secondary N) is 2. The first-order valence-electron chi connectivity index (χ1n) is 8.45. The van der Waals surface area contributed by atoms with Crippen LogP contribution in [0.3, 0.4) is 0 Å². The van der Waals surface area contributed by atoms with Gasteiger partial charge >= 0.3 is 6.03 Å². The normalized spacial score (nSPS) is 13.9. The molecule has 2 unspecified atom stereocenters. The van der Waals surface area contributed by atoms with Crippen LogP contribution in [0.5, 0.6) is 0 Å². The maximum absolute atomic E-state index is 12.4. The molecule has 1 heterocycles. The number of carbonyl (C=O) groups excluding carboxylic acids is 1. The zero-order chi connectivity index (χ0) is 18.3. The summed E-state index contributed by atoms with van der Waals surface area (Å²) in [6.45, 7) is 6.77. The third-order valence-electron chi connectivity index (χ3n) is 3.92. The molecule has 1 aromatic heterocycles. The van der Waals surface area contributed by atoms with Gasteiger partial charge in [0.1, 0.15) is 12.7 Å². The molecule has 0 saturated carbocycles. The fraction of sp³-hybridized carbons (Fsp3) is 0.500. The van der Waals surface area contributed by atoms with Gasteiger partial charge < -0.3 is 15.7 Å². The number of nitrogens with zero attached hydrogens (tertiary/aromatic N) is 3. The van der Waals surface area contributed by atoms with Crippen molar-refractivity contribution >= 4 is 6.03 Å². The average Bonchev–Trinajstić information content (AvgIpc) is 3.05. The summed E-state index contributed by atoms with van der Waals surface area (Å²) < 4.78 is 1.69. The van der Waals surface area contributed by atoms with E-state index in [-0.39, 0.29) is 17.5 Å². The Morgan fingerprint density at radius 2 is 2.04 bits per heavy atom. The van der Waals surface area contributed by atoms with E-state index >= 15 is 0 Å². The number of aliphatic hydroxyl groups is 1. The maximum atomic E-state index is 12.4. The highest BCUT2D eigenvalue weighted by molar-refractivity contribution is 5.74. The number of hydrogen-bond acceptors (Lipinski definition) is 4. The van der Waals surface area contributed by atoms with Gasteiger partial charge in [0.25, 0.3) is 0 Å². The molecule has 2 atom stereocenters. The second-order valence-corrected chi connectivity index (χ2v) is 7.13. The highest BCUT2D eigenvalue weighted by atomic mass is 16.3. The topological polar surface area (TPSA) is 92.1 Å². The third kappa shape index (κ3) is 6.54. The molecule has 0 aliphatic carbocycles. The quantitative estimate of drug-likeness (QED) is 0.683. The molecule has 0 bridgehead atoms. The Bertz CT molecular complexity index is 641. The molecule has 0 fully saturated rings. The van der Waals surface area contributed by atoms with Crippen molar-refractivity contribution < 1.29 is 9.90 Å². The number of carbonyl (C=O) groups is 1. The lowest BCUT2D eigenvalue weighted by Crippen LogP contribution is -2.43. The second kappa shape index (κ2) is 8.62. The molecule has 0 aliphatic rings. The van der Waals surface area contributed by atoms with E-state index in [0.717, 1.165) is 5.56 Å². The first-order chi connectivity index (χ1) is 11.9. The summed E-state index contributed by atoms with van der Waals surface area (Å²) in [7, 11) is 0. The fourth-order valence-electron chi connectivity index (χ4n) is 2.83. The Balaban J connectivity index is 1.97. The molecular formula is C18H27N5O2. The lowest BCUT2D eigenvalue weighted by atomic mass is 9.87. The van der Waals surface area contributed by atoms with Crippen molar-refractivity contribution in [2.24, 2.45) is 5.41 Å². The lowest BCUT2D eigenvalue weighted by molar-refractivity contribution is 0.128. The van der Waals surface area contributed by atoms with Crippen molar-refractivity contribution in [3.05, 3.63) is 48.5 Å². The lowest BCUT2D eigenvalue weighted by Gasteiger charge is -2.27. The predicted molar refractivity (Wildman–Crippen MR) is 95.8 cm³/mol. The van der Waals surface area contributed by atoms with Crippen LogP contribution in [0, 0.1) is 5.41 Å². The fourth-order valence-corrected chi connectivity index (χ4v) is 2.83. The van der Waals surface area contributed by atoms with Crippen molar-refractivity contribution in [1.29, 1.82) is 0 Å². The number of urea groups is 1. The minimum absolute atomic E-state index is 0.181. The van der Waals surface area contributed by atoms with Crippen molar-refractivity contribution in [3.8, 4) is 0 Å². The van der Waals surface area contributed by atoms with E-state index in [4.69, 9.17) is 0 Å². The Labute approximate surface area is 148 Å². The van der Waals surface area contributed by atoms with Crippen LogP contribution < -0.4 is 10.6 Å². The summed E-state index contributed by atoms with van der Waals surface area (Å²) in [5, 5.41) is 19.6. The highest BCUT2D eigenvalue weighted by Gasteiger charge is 2.22. The highest BCUT2D eigenvalue weighted by Crippen LogP contribution is 2.21. The molecule has 136 valence electrons. The molecule has 2 aromatic rings.